The lowest BCUT2D eigenvalue weighted by atomic mass is 10.1. The predicted molar refractivity (Wildman–Crippen MR) is 76.2 cm³/mol. The number of rotatable bonds is 2. The summed E-state index contributed by atoms with van der Waals surface area (Å²) in [6, 6.07) is 10.7. The van der Waals surface area contributed by atoms with E-state index in [0.717, 1.165) is 0 Å². The second-order valence-corrected chi connectivity index (χ2v) is 4.65. The molecule has 0 fully saturated rings. The fourth-order valence-corrected chi connectivity index (χ4v) is 1.66. The molecule has 0 heterocycles. The third kappa shape index (κ3) is 6.04. The smallest absolute Gasteiger partial charge is 0.326 e. The van der Waals surface area contributed by atoms with Crippen LogP contribution in [0.5, 0.6) is 0 Å². The van der Waals surface area contributed by atoms with Crippen molar-refractivity contribution in [3.05, 3.63) is 70.8 Å². The highest BCUT2D eigenvalue weighted by Gasteiger charge is 2.36. The fourth-order valence-electron chi connectivity index (χ4n) is 1.66. The molecule has 0 spiro atoms. The lowest BCUT2D eigenvalue weighted by Crippen LogP contribution is -2.11. The number of halogens is 6. The first kappa shape index (κ1) is 19.7. The monoisotopic (exact) mass is 349 g/mol. The molecule has 0 unspecified atom stereocenters. The number of carbonyl (C=O) groups is 1. The van der Waals surface area contributed by atoms with Gasteiger partial charge in [0.15, 0.2) is 0 Å². The molecule has 24 heavy (non-hydrogen) atoms. The molecule has 0 bridgehead atoms. The van der Waals surface area contributed by atoms with E-state index in [-0.39, 0.29) is 12.4 Å². The maximum absolute atomic E-state index is 12.2. The third-order valence-corrected chi connectivity index (χ3v) is 2.82. The zero-order chi connectivity index (χ0) is 18.4. The molecule has 0 amide bonds. The summed E-state index contributed by atoms with van der Waals surface area (Å²) in [6.45, 7) is 0.640. The van der Waals surface area contributed by atoms with Gasteiger partial charge in [-0.25, -0.2) is 0 Å². The van der Waals surface area contributed by atoms with E-state index in [2.05, 4.69) is 0 Å². The van der Waals surface area contributed by atoms with Gasteiger partial charge in [0.2, 0.25) is 0 Å². The molecule has 0 radical (unpaired) electrons. The maximum atomic E-state index is 12.2. The molecule has 2 rings (SSSR count). The average Bonchev–Trinajstić information content (AvgIpc) is 2.54. The first-order valence-electron chi connectivity index (χ1n) is 6.56. The van der Waals surface area contributed by atoms with Crippen LogP contribution in [0.1, 0.15) is 27.0 Å². The molecule has 130 valence electrons. The molecule has 0 saturated heterocycles. The van der Waals surface area contributed by atoms with Crippen molar-refractivity contribution in [1.29, 1.82) is 0 Å². The summed E-state index contributed by atoms with van der Waals surface area (Å²) in [6.07, 6.45) is -9.90. The maximum Gasteiger partial charge on any atom is 0.416 e. The van der Waals surface area contributed by atoms with Gasteiger partial charge in [0.25, 0.3) is 0 Å². The minimum atomic E-state index is -4.92. The van der Waals surface area contributed by atoms with Crippen molar-refractivity contribution in [2.45, 2.75) is 18.9 Å². The van der Waals surface area contributed by atoms with Crippen LogP contribution in [0.4, 0.5) is 26.3 Å². The van der Waals surface area contributed by atoms with Gasteiger partial charge in [-0.15, -0.1) is 0 Å². The van der Waals surface area contributed by atoms with Gasteiger partial charge in [-0.3, -0.25) is 4.79 Å². The van der Waals surface area contributed by atoms with Crippen LogP contribution in [0, 0.1) is 0 Å². The average molecular weight is 349 g/mol. The largest absolute Gasteiger partial charge is 0.416 e. The van der Waals surface area contributed by atoms with Crippen molar-refractivity contribution in [1.82, 2.24) is 0 Å². The lowest BCUT2D eigenvalue weighted by molar-refractivity contribution is -0.143. The third-order valence-electron chi connectivity index (χ3n) is 2.82. The number of nitrogens with two attached hydrogens (primary N) is 1. The van der Waals surface area contributed by atoms with Gasteiger partial charge >= 0.3 is 12.4 Å². The first-order valence-corrected chi connectivity index (χ1v) is 6.56. The Hall–Kier alpha value is -2.35. The highest BCUT2D eigenvalue weighted by molar-refractivity contribution is 5.75. The molecule has 0 aliphatic carbocycles. The number of hydrogen-bond donors (Lipinski definition) is 1. The van der Waals surface area contributed by atoms with E-state index in [4.69, 9.17) is 5.73 Å². The van der Waals surface area contributed by atoms with Crippen LogP contribution in [0.25, 0.3) is 0 Å². The van der Waals surface area contributed by atoms with E-state index in [1.54, 1.807) is 0 Å². The summed E-state index contributed by atoms with van der Waals surface area (Å²) < 4.78 is 73.1. The van der Waals surface area contributed by atoms with Crippen LogP contribution in [0.3, 0.4) is 0 Å². The lowest BCUT2D eigenvalue weighted by Gasteiger charge is -2.12. The van der Waals surface area contributed by atoms with E-state index < -0.39 is 29.0 Å². The van der Waals surface area contributed by atoms with E-state index in [1.165, 1.54) is 5.56 Å². The zero-order valence-corrected chi connectivity index (χ0v) is 12.2. The topological polar surface area (TPSA) is 43.1 Å². The number of alkyl halides is 6. The Morgan fingerprint density at radius 3 is 1.58 bits per heavy atom. The quantitative estimate of drug-likeness (QED) is 0.632. The van der Waals surface area contributed by atoms with Crippen LogP contribution in [-0.2, 0) is 18.9 Å². The van der Waals surface area contributed by atoms with Crippen LogP contribution < -0.4 is 5.73 Å². The summed E-state index contributed by atoms with van der Waals surface area (Å²) in [5.41, 5.74) is 2.88. The molecule has 2 aromatic rings. The number of aldehydes is 1. The van der Waals surface area contributed by atoms with Crippen molar-refractivity contribution in [2.24, 2.45) is 5.73 Å². The number of hydrogen-bond acceptors (Lipinski definition) is 2. The van der Waals surface area contributed by atoms with Crippen molar-refractivity contribution in [3.8, 4) is 0 Å². The Morgan fingerprint density at radius 1 is 0.833 bits per heavy atom. The molecule has 0 aliphatic rings. The van der Waals surface area contributed by atoms with Gasteiger partial charge in [-0.1, -0.05) is 30.3 Å². The SMILES string of the molecule is NCc1ccccc1.O=Cc1cc(C(F)(F)F)cc(C(F)(F)F)c1. The first-order chi connectivity index (χ1) is 11.1. The summed E-state index contributed by atoms with van der Waals surface area (Å²) in [5, 5.41) is 0. The molecule has 0 atom stereocenters. The number of benzene rings is 2. The van der Waals surface area contributed by atoms with Gasteiger partial charge in [0.05, 0.1) is 11.1 Å². The van der Waals surface area contributed by atoms with Crippen LogP contribution >= 0.6 is 0 Å². The molecular weight excluding hydrogens is 336 g/mol. The Balaban J connectivity index is 0.000000300. The van der Waals surface area contributed by atoms with Gasteiger partial charge in [0, 0.05) is 12.1 Å². The Bertz CT molecular complexity index is 632. The molecule has 8 heteroatoms. The van der Waals surface area contributed by atoms with Gasteiger partial charge in [0.1, 0.15) is 6.29 Å². The summed E-state index contributed by atoms with van der Waals surface area (Å²) in [7, 11) is 0. The minimum Gasteiger partial charge on any atom is -0.326 e. The summed E-state index contributed by atoms with van der Waals surface area (Å²) in [5.74, 6) is 0. The normalized spacial score (nSPS) is 11.5. The van der Waals surface area contributed by atoms with E-state index >= 15 is 0 Å². The van der Waals surface area contributed by atoms with Crippen molar-refractivity contribution >= 4 is 6.29 Å². The highest BCUT2D eigenvalue weighted by Crippen LogP contribution is 2.35. The molecule has 2 N–H and O–H groups in total. The molecule has 0 saturated carbocycles. The van der Waals surface area contributed by atoms with Gasteiger partial charge < -0.3 is 5.73 Å². The van der Waals surface area contributed by atoms with Crippen molar-refractivity contribution < 1.29 is 31.1 Å². The fraction of sp³-hybridized carbons (Fsp3) is 0.188. The van der Waals surface area contributed by atoms with Crippen molar-refractivity contribution in [3.63, 3.8) is 0 Å². The summed E-state index contributed by atoms with van der Waals surface area (Å²) in [4.78, 5) is 10.2. The predicted octanol–water partition coefficient (Wildman–Crippen LogP) is 4.68. The zero-order valence-electron chi connectivity index (χ0n) is 12.2. The highest BCUT2D eigenvalue weighted by atomic mass is 19.4. The molecular formula is C16H13F6NO. The van der Waals surface area contributed by atoms with E-state index in [0.29, 0.717) is 18.7 Å². The molecule has 0 aliphatic heterocycles. The second kappa shape index (κ2) is 7.96. The number of carbonyl (C=O) groups excluding carboxylic acids is 1. The van der Waals surface area contributed by atoms with Gasteiger partial charge in [-0.05, 0) is 23.8 Å². The standard InChI is InChI=1S/C9H4F6O.C7H9N/c10-8(11,12)6-1-5(4-16)2-7(3-6)9(13,14)15;8-6-7-4-2-1-3-5-7/h1-4H;1-5H,6,8H2. The Morgan fingerprint density at radius 2 is 1.29 bits per heavy atom. The van der Waals surface area contributed by atoms with Crippen LogP contribution in [0.15, 0.2) is 48.5 Å². The molecule has 2 nitrogen and oxygen atoms in total. The van der Waals surface area contributed by atoms with Crippen LogP contribution in [-0.4, -0.2) is 6.29 Å². The molecule has 2 aromatic carbocycles. The van der Waals surface area contributed by atoms with Crippen molar-refractivity contribution in [2.75, 3.05) is 0 Å². The Kier molecular flexibility index (Phi) is 6.53. The minimum absolute atomic E-state index is 0.0347. The second-order valence-electron chi connectivity index (χ2n) is 4.65. The Labute approximate surface area is 133 Å². The summed E-state index contributed by atoms with van der Waals surface area (Å²) >= 11 is 0. The van der Waals surface area contributed by atoms with Crippen LogP contribution in [0.2, 0.25) is 0 Å². The van der Waals surface area contributed by atoms with E-state index in [1.807, 2.05) is 30.3 Å². The van der Waals surface area contributed by atoms with Gasteiger partial charge in [-0.2, -0.15) is 26.3 Å². The molecule has 0 aromatic heterocycles. The van der Waals surface area contributed by atoms with E-state index in [9.17, 15) is 31.1 Å².